The van der Waals surface area contributed by atoms with E-state index in [-0.39, 0.29) is 36.4 Å². The van der Waals surface area contributed by atoms with Crippen LogP contribution in [0.15, 0.2) is 83.8 Å². The maximum absolute atomic E-state index is 12.5. The van der Waals surface area contributed by atoms with Crippen molar-refractivity contribution in [2.75, 3.05) is 19.6 Å². The van der Waals surface area contributed by atoms with Crippen LogP contribution in [0.2, 0.25) is 0 Å². The van der Waals surface area contributed by atoms with Gasteiger partial charge in [-0.25, -0.2) is 13.1 Å². The molecule has 202 valence electrons. The highest BCUT2D eigenvalue weighted by molar-refractivity contribution is 7.89. The number of nitrogens with zero attached hydrogens (tertiary/aromatic N) is 1. The van der Waals surface area contributed by atoms with E-state index in [4.69, 9.17) is 9.47 Å². The molecule has 9 heteroatoms. The SMILES string of the molecule is O=S(=O)(NCc1ccc(C2OC(CN3CCC(O)C3)CC(c3ccc(CO)cc3)O2)cc1)c1ccccc1. The molecule has 3 N–H and O–H groups in total. The summed E-state index contributed by atoms with van der Waals surface area (Å²) in [6, 6.07) is 23.6. The van der Waals surface area contributed by atoms with Gasteiger partial charge in [-0.2, -0.15) is 0 Å². The summed E-state index contributed by atoms with van der Waals surface area (Å²) < 4.78 is 40.5. The van der Waals surface area contributed by atoms with Crippen LogP contribution in [-0.4, -0.2) is 55.4 Å². The van der Waals surface area contributed by atoms with E-state index < -0.39 is 16.3 Å². The second-order valence-corrected chi connectivity index (χ2v) is 11.7. The molecule has 4 unspecified atom stereocenters. The molecule has 0 spiro atoms. The Kier molecular flexibility index (Phi) is 8.54. The van der Waals surface area contributed by atoms with Crippen molar-refractivity contribution in [1.29, 1.82) is 0 Å². The lowest BCUT2D eigenvalue weighted by Gasteiger charge is -2.37. The molecular weight excluding hydrogens is 504 g/mol. The van der Waals surface area contributed by atoms with Gasteiger partial charge in [0.15, 0.2) is 6.29 Å². The Morgan fingerprint density at radius 2 is 1.58 bits per heavy atom. The van der Waals surface area contributed by atoms with E-state index in [9.17, 15) is 18.6 Å². The molecule has 0 bridgehead atoms. The number of sulfonamides is 1. The van der Waals surface area contributed by atoms with Gasteiger partial charge in [-0.05, 0) is 35.2 Å². The van der Waals surface area contributed by atoms with Crippen molar-refractivity contribution in [2.45, 2.75) is 55.5 Å². The molecule has 0 aromatic heterocycles. The lowest BCUT2D eigenvalue weighted by molar-refractivity contribution is -0.252. The van der Waals surface area contributed by atoms with E-state index in [0.29, 0.717) is 19.5 Å². The van der Waals surface area contributed by atoms with Crippen molar-refractivity contribution in [3.63, 3.8) is 0 Å². The van der Waals surface area contributed by atoms with E-state index >= 15 is 0 Å². The van der Waals surface area contributed by atoms with Gasteiger partial charge in [-0.15, -0.1) is 0 Å². The smallest absolute Gasteiger partial charge is 0.240 e. The second-order valence-electron chi connectivity index (χ2n) is 9.93. The first-order valence-corrected chi connectivity index (χ1v) is 14.4. The fraction of sp³-hybridized carbons (Fsp3) is 0.379. The number of hydrogen-bond donors (Lipinski definition) is 3. The van der Waals surface area contributed by atoms with Gasteiger partial charge >= 0.3 is 0 Å². The minimum Gasteiger partial charge on any atom is -0.392 e. The second kappa shape index (κ2) is 12.0. The molecule has 2 aliphatic rings. The Labute approximate surface area is 223 Å². The van der Waals surface area contributed by atoms with Gasteiger partial charge in [0.1, 0.15) is 0 Å². The summed E-state index contributed by atoms with van der Waals surface area (Å²) in [7, 11) is -3.59. The molecule has 0 amide bonds. The number of β-amino-alcohol motifs (C(OH)–C–C–N with tert-alkyl or cyclic N) is 1. The first-order chi connectivity index (χ1) is 18.4. The monoisotopic (exact) mass is 538 g/mol. The maximum Gasteiger partial charge on any atom is 0.240 e. The zero-order chi connectivity index (χ0) is 26.5. The molecule has 3 aromatic rings. The van der Waals surface area contributed by atoms with Gasteiger partial charge < -0.3 is 19.7 Å². The van der Waals surface area contributed by atoms with Gasteiger partial charge in [-0.3, -0.25) is 4.90 Å². The lowest BCUT2D eigenvalue weighted by atomic mass is 9.99. The van der Waals surface area contributed by atoms with Crippen molar-refractivity contribution < 1.29 is 28.1 Å². The van der Waals surface area contributed by atoms with E-state index in [0.717, 1.165) is 35.2 Å². The van der Waals surface area contributed by atoms with Crippen molar-refractivity contribution in [2.24, 2.45) is 0 Å². The van der Waals surface area contributed by atoms with E-state index in [1.54, 1.807) is 30.3 Å². The van der Waals surface area contributed by atoms with Gasteiger partial charge in [0.2, 0.25) is 10.0 Å². The van der Waals surface area contributed by atoms with Crippen LogP contribution in [0.25, 0.3) is 0 Å². The summed E-state index contributed by atoms with van der Waals surface area (Å²) in [4.78, 5) is 2.46. The molecule has 0 aliphatic carbocycles. The maximum atomic E-state index is 12.5. The highest BCUT2D eigenvalue weighted by Gasteiger charge is 2.34. The fourth-order valence-corrected chi connectivity index (χ4v) is 5.99. The Morgan fingerprint density at radius 1 is 0.895 bits per heavy atom. The average Bonchev–Trinajstić information content (AvgIpc) is 3.36. The number of nitrogens with one attached hydrogen (secondary N) is 1. The quantitative estimate of drug-likeness (QED) is 0.384. The van der Waals surface area contributed by atoms with Gasteiger partial charge in [-0.1, -0.05) is 66.7 Å². The third-order valence-electron chi connectivity index (χ3n) is 7.10. The predicted octanol–water partition coefficient (Wildman–Crippen LogP) is 3.27. The first kappa shape index (κ1) is 27.0. The van der Waals surface area contributed by atoms with Crippen LogP contribution < -0.4 is 4.72 Å². The van der Waals surface area contributed by atoms with Crippen LogP contribution in [0.4, 0.5) is 0 Å². The Hall–Kier alpha value is -2.63. The molecule has 38 heavy (non-hydrogen) atoms. The molecule has 2 heterocycles. The van der Waals surface area contributed by atoms with Crippen LogP contribution in [0.3, 0.4) is 0 Å². The summed E-state index contributed by atoms with van der Waals surface area (Å²) in [5, 5.41) is 19.4. The highest BCUT2D eigenvalue weighted by Crippen LogP contribution is 2.38. The lowest BCUT2D eigenvalue weighted by Crippen LogP contribution is -2.38. The number of rotatable bonds is 9. The standard InChI is InChI=1S/C29H34N2O6S/c32-20-22-8-10-23(11-9-22)28-16-26(19-31-15-14-25(33)18-31)36-29(37-28)24-12-6-21(7-13-24)17-30-38(34,35)27-4-2-1-3-5-27/h1-13,25-26,28-30,32-33H,14-20H2. The molecule has 3 aromatic carbocycles. The minimum atomic E-state index is -3.59. The van der Waals surface area contributed by atoms with Crippen LogP contribution in [0.1, 0.15) is 47.5 Å². The van der Waals surface area contributed by atoms with Gasteiger partial charge in [0.05, 0.1) is 29.8 Å². The molecule has 5 rings (SSSR count). The molecule has 0 saturated carbocycles. The van der Waals surface area contributed by atoms with E-state index in [1.807, 2.05) is 48.5 Å². The Balaban J connectivity index is 1.28. The Morgan fingerprint density at radius 3 is 2.24 bits per heavy atom. The average molecular weight is 539 g/mol. The number of benzene rings is 3. The van der Waals surface area contributed by atoms with Crippen LogP contribution in [-0.2, 0) is 32.6 Å². The van der Waals surface area contributed by atoms with Crippen molar-refractivity contribution in [3.8, 4) is 0 Å². The summed E-state index contributed by atoms with van der Waals surface area (Å²) in [5.41, 5.74) is 3.54. The van der Waals surface area contributed by atoms with Gasteiger partial charge in [0, 0.05) is 38.2 Å². The number of hydrogen-bond acceptors (Lipinski definition) is 7. The summed E-state index contributed by atoms with van der Waals surface area (Å²) >= 11 is 0. The summed E-state index contributed by atoms with van der Waals surface area (Å²) in [6.45, 7) is 2.36. The Bertz CT molecular complexity index is 1280. The number of aliphatic hydroxyl groups excluding tert-OH is 2. The molecular formula is C29H34N2O6S. The molecule has 2 aliphatic heterocycles. The fourth-order valence-electron chi connectivity index (χ4n) is 4.95. The third kappa shape index (κ3) is 6.68. The van der Waals surface area contributed by atoms with Crippen LogP contribution in [0, 0.1) is 0 Å². The third-order valence-corrected chi connectivity index (χ3v) is 8.51. The molecule has 8 nitrogen and oxygen atoms in total. The highest BCUT2D eigenvalue weighted by atomic mass is 32.2. The molecule has 2 fully saturated rings. The molecule has 0 radical (unpaired) electrons. The zero-order valence-corrected chi connectivity index (χ0v) is 22.0. The molecule has 2 saturated heterocycles. The van der Waals surface area contributed by atoms with Crippen LogP contribution in [0.5, 0.6) is 0 Å². The van der Waals surface area contributed by atoms with E-state index in [1.165, 1.54) is 0 Å². The zero-order valence-electron chi connectivity index (χ0n) is 21.1. The predicted molar refractivity (Wildman–Crippen MR) is 142 cm³/mol. The van der Waals surface area contributed by atoms with Crippen molar-refractivity contribution in [3.05, 3.63) is 101 Å². The molecule has 4 atom stereocenters. The van der Waals surface area contributed by atoms with Crippen LogP contribution >= 0.6 is 0 Å². The topological polar surface area (TPSA) is 108 Å². The van der Waals surface area contributed by atoms with Crippen molar-refractivity contribution >= 4 is 10.0 Å². The first-order valence-electron chi connectivity index (χ1n) is 12.9. The van der Waals surface area contributed by atoms with Gasteiger partial charge in [0.25, 0.3) is 0 Å². The largest absolute Gasteiger partial charge is 0.392 e. The normalized spacial score (nSPS) is 24.5. The minimum absolute atomic E-state index is 0.00862. The summed E-state index contributed by atoms with van der Waals surface area (Å²) in [6.07, 6.45) is 0.309. The number of aliphatic hydroxyl groups is 2. The summed E-state index contributed by atoms with van der Waals surface area (Å²) in [5.74, 6) is 0. The number of ether oxygens (including phenoxy) is 2. The van der Waals surface area contributed by atoms with E-state index in [2.05, 4.69) is 9.62 Å². The number of likely N-dealkylation sites (tertiary alicyclic amines) is 1. The van der Waals surface area contributed by atoms with Crippen molar-refractivity contribution in [1.82, 2.24) is 9.62 Å².